The van der Waals surface area contributed by atoms with Gasteiger partial charge in [-0.3, -0.25) is 4.79 Å². The van der Waals surface area contributed by atoms with E-state index in [2.05, 4.69) is 5.10 Å². The quantitative estimate of drug-likeness (QED) is 0.607. The van der Waals surface area contributed by atoms with Crippen LogP contribution in [-0.4, -0.2) is 27.1 Å². The highest BCUT2D eigenvalue weighted by molar-refractivity contribution is 7.10. The van der Waals surface area contributed by atoms with Gasteiger partial charge in [0.05, 0.1) is 17.4 Å². The summed E-state index contributed by atoms with van der Waals surface area (Å²) >= 11 is 7.41. The maximum Gasteiger partial charge on any atom is 0.434 e. The van der Waals surface area contributed by atoms with E-state index in [-0.39, 0.29) is 5.69 Å². The summed E-state index contributed by atoms with van der Waals surface area (Å²) in [4.78, 5) is 15.5. The van der Waals surface area contributed by atoms with Crippen LogP contribution in [0, 0.1) is 0 Å². The third-order valence-electron chi connectivity index (χ3n) is 4.43. The van der Waals surface area contributed by atoms with Crippen molar-refractivity contribution in [3.8, 4) is 5.69 Å². The average molecular weight is 412 g/mol. The minimum absolute atomic E-state index is 0.185. The topological polar surface area (TPSA) is 38.1 Å². The van der Waals surface area contributed by atoms with Crippen molar-refractivity contribution in [2.24, 2.45) is 0 Å². The molecule has 0 aliphatic carbocycles. The fraction of sp³-hybridized carbons (Fsp3) is 0.222. The summed E-state index contributed by atoms with van der Waals surface area (Å²) in [5.41, 5.74) is -0.357. The van der Waals surface area contributed by atoms with Crippen LogP contribution in [0.1, 0.15) is 26.5 Å². The zero-order valence-electron chi connectivity index (χ0n) is 13.8. The van der Waals surface area contributed by atoms with Gasteiger partial charge in [-0.05, 0) is 47.7 Å². The first-order valence-corrected chi connectivity index (χ1v) is 9.36. The van der Waals surface area contributed by atoms with E-state index in [1.807, 2.05) is 11.4 Å². The van der Waals surface area contributed by atoms with E-state index < -0.39 is 23.3 Å². The predicted octanol–water partition coefficient (Wildman–Crippen LogP) is 4.80. The van der Waals surface area contributed by atoms with E-state index in [1.54, 1.807) is 11.3 Å². The van der Waals surface area contributed by atoms with Gasteiger partial charge in [0.15, 0.2) is 5.69 Å². The van der Waals surface area contributed by atoms with Crippen molar-refractivity contribution < 1.29 is 18.0 Å². The van der Waals surface area contributed by atoms with Crippen molar-refractivity contribution in [1.29, 1.82) is 0 Å². The Morgan fingerprint density at radius 2 is 1.93 bits per heavy atom. The van der Waals surface area contributed by atoms with Crippen LogP contribution in [0.3, 0.4) is 0 Å². The van der Waals surface area contributed by atoms with Gasteiger partial charge in [-0.2, -0.15) is 18.3 Å². The highest BCUT2D eigenvalue weighted by Gasteiger charge is 2.41. The van der Waals surface area contributed by atoms with Crippen LogP contribution in [0.4, 0.5) is 13.2 Å². The molecule has 1 aromatic carbocycles. The largest absolute Gasteiger partial charge is 0.434 e. The van der Waals surface area contributed by atoms with Gasteiger partial charge in [-0.15, -0.1) is 11.3 Å². The van der Waals surface area contributed by atoms with E-state index >= 15 is 0 Å². The first-order valence-electron chi connectivity index (χ1n) is 8.10. The van der Waals surface area contributed by atoms with Gasteiger partial charge in [-0.25, -0.2) is 4.68 Å². The van der Waals surface area contributed by atoms with Crippen LogP contribution in [0.15, 0.2) is 41.9 Å². The molecule has 0 atom stereocenters. The van der Waals surface area contributed by atoms with Gasteiger partial charge >= 0.3 is 6.18 Å². The van der Waals surface area contributed by atoms with E-state index in [0.29, 0.717) is 24.5 Å². The highest BCUT2D eigenvalue weighted by atomic mass is 35.5. The second-order valence-electron chi connectivity index (χ2n) is 6.14. The first-order chi connectivity index (χ1) is 12.8. The Kier molecular flexibility index (Phi) is 4.47. The standard InChI is InChI=1S/C18H13ClF3N3OS/c19-12-1-3-13(4-2-12)25-16(18(20,21)22)14(9-23-25)17(26)24-7-5-15-11(10-24)6-8-27-15/h1-4,6,8-9H,5,7,10H2. The third kappa shape index (κ3) is 3.35. The zero-order chi connectivity index (χ0) is 19.2. The number of rotatable bonds is 2. The van der Waals surface area contributed by atoms with Crippen LogP contribution < -0.4 is 0 Å². The Morgan fingerprint density at radius 3 is 2.63 bits per heavy atom. The molecule has 0 saturated heterocycles. The predicted molar refractivity (Wildman–Crippen MR) is 96.3 cm³/mol. The molecular weight excluding hydrogens is 399 g/mol. The first kappa shape index (κ1) is 18.1. The third-order valence-corrected chi connectivity index (χ3v) is 5.71. The lowest BCUT2D eigenvalue weighted by Crippen LogP contribution is -2.36. The lowest BCUT2D eigenvalue weighted by atomic mass is 10.1. The van der Waals surface area contributed by atoms with Gasteiger partial charge in [0.25, 0.3) is 5.91 Å². The van der Waals surface area contributed by atoms with Crippen LogP contribution in [-0.2, 0) is 19.1 Å². The number of hydrogen-bond acceptors (Lipinski definition) is 3. The van der Waals surface area contributed by atoms with Crippen LogP contribution >= 0.6 is 22.9 Å². The van der Waals surface area contributed by atoms with Gasteiger partial charge in [-0.1, -0.05) is 11.6 Å². The minimum atomic E-state index is -4.73. The number of fused-ring (bicyclic) bond motifs is 1. The van der Waals surface area contributed by atoms with E-state index in [9.17, 15) is 18.0 Å². The number of nitrogens with zero attached hydrogens (tertiary/aromatic N) is 3. The molecule has 140 valence electrons. The summed E-state index contributed by atoms with van der Waals surface area (Å²) in [5, 5.41) is 6.17. The number of halogens is 4. The molecule has 0 saturated carbocycles. The molecule has 0 fully saturated rings. The molecule has 0 N–H and O–H groups in total. The second kappa shape index (κ2) is 6.69. The van der Waals surface area contributed by atoms with Crippen LogP contribution in [0.5, 0.6) is 0 Å². The Hall–Kier alpha value is -2.32. The maximum atomic E-state index is 13.8. The summed E-state index contributed by atoms with van der Waals surface area (Å²) in [6, 6.07) is 7.71. The zero-order valence-corrected chi connectivity index (χ0v) is 15.4. The van der Waals surface area contributed by atoms with Crippen LogP contribution in [0.25, 0.3) is 5.69 Å². The monoisotopic (exact) mass is 411 g/mol. The lowest BCUT2D eigenvalue weighted by Gasteiger charge is -2.27. The number of thiophene rings is 1. The Labute approximate surface area is 161 Å². The molecule has 3 aromatic rings. The smallest absolute Gasteiger partial charge is 0.334 e. The van der Waals surface area contributed by atoms with E-state index in [4.69, 9.17) is 11.6 Å². The number of carbonyl (C=O) groups is 1. The van der Waals surface area contributed by atoms with Crippen molar-refractivity contribution in [3.05, 3.63) is 68.6 Å². The van der Waals surface area contributed by atoms with Crippen molar-refractivity contribution in [1.82, 2.24) is 14.7 Å². The summed E-state index contributed by atoms with van der Waals surface area (Å²) in [6.07, 6.45) is -3.10. The normalized spacial score (nSPS) is 14.3. The van der Waals surface area contributed by atoms with Crippen molar-refractivity contribution in [3.63, 3.8) is 0 Å². The van der Waals surface area contributed by atoms with Crippen molar-refractivity contribution in [2.45, 2.75) is 19.1 Å². The average Bonchev–Trinajstić information content (AvgIpc) is 3.27. The maximum absolute atomic E-state index is 13.8. The molecule has 2 aromatic heterocycles. The fourth-order valence-electron chi connectivity index (χ4n) is 3.15. The number of hydrogen-bond donors (Lipinski definition) is 0. The molecule has 3 heterocycles. The molecule has 27 heavy (non-hydrogen) atoms. The van der Waals surface area contributed by atoms with Gasteiger partial charge in [0.1, 0.15) is 0 Å². The minimum Gasteiger partial charge on any atom is -0.334 e. The molecule has 1 aliphatic rings. The lowest BCUT2D eigenvalue weighted by molar-refractivity contribution is -0.143. The number of amides is 1. The summed E-state index contributed by atoms with van der Waals surface area (Å²) < 4.78 is 42.0. The number of carbonyl (C=O) groups excluding carboxylic acids is 1. The Morgan fingerprint density at radius 1 is 1.19 bits per heavy atom. The van der Waals surface area contributed by atoms with Crippen LogP contribution in [0.2, 0.25) is 5.02 Å². The SMILES string of the molecule is O=C(c1cnn(-c2ccc(Cl)cc2)c1C(F)(F)F)N1CCc2sccc2C1. The molecule has 4 rings (SSSR count). The Balaban J connectivity index is 1.73. The molecule has 4 nitrogen and oxygen atoms in total. The molecule has 0 unspecified atom stereocenters. The molecular formula is C18H13ClF3N3OS. The van der Waals surface area contributed by atoms with E-state index in [1.165, 1.54) is 34.0 Å². The summed E-state index contributed by atoms with van der Waals surface area (Å²) in [6.45, 7) is 0.691. The number of benzene rings is 1. The fourth-order valence-corrected chi connectivity index (χ4v) is 4.16. The molecule has 0 radical (unpaired) electrons. The van der Waals surface area contributed by atoms with Gasteiger partial charge in [0, 0.05) is 23.0 Å². The number of alkyl halides is 3. The molecule has 9 heteroatoms. The molecule has 0 bridgehead atoms. The molecule has 1 amide bonds. The highest BCUT2D eigenvalue weighted by Crippen LogP contribution is 2.35. The van der Waals surface area contributed by atoms with Gasteiger partial charge < -0.3 is 4.90 Å². The van der Waals surface area contributed by atoms with E-state index in [0.717, 1.165) is 16.4 Å². The summed E-state index contributed by atoms with van der Waals surface area (Å²) in [5.74, 6) is -0.667. The summed E-state index contributed by atoms with van der Waals surface area (Å²) in [7, 11) is 0. The second-order valence-corrected chi connectivity index (χ2v) is 7.58. The number of aromatic nitrogens is 2. The molecule has 1 aliphatic heterocycles. The van der Waals surface area contributed by atoms with Gasteiger partial charge in [0.2, 0.25) is 0 Å². The van der Waals surface area contributed by atoms with Crippen molar-refractivity contribution >= 4 is 28.8 Å². The Bertz CT molecular complexity index is 994. The molecule has 0 spiro atoms. The van der Waals surface area contributed by atoms with Crippen molar-refractivity contribution in [2.75, 3.05) is 6.54 Å².